The first-order chi connectivity index (χ1) is 14.8. The summed E-state index contributed by atoms with van der Waals surface area (Å²) in [5.74, 6) is 1.35. The molecule has 2 atom stereocenters. The van der Waals surface area contributed by atoms with Crippen molar-refractivity contribution in [1.29, 1.82) is 0 Å². The van der Waals surface area contributed by atoms with Crippen LogP contribution in [0.15, 0.2) is 54.3 Å². The summed E-state index contributed by atoms with van der Waals surface area (Å²) >= 11 is 0. The Balaban J connectivity index is 1.18. The maximum atomic E-state index is 12.8. The van der Waals surface area contributed by atoms with Crippen LogP contribution in [0.25, 0.3) is 5.57 Å². The summed E-state index contributed by atoms with van der Waals surface area (Å²) in [5, 5.41) is 3.30. The van der Waals surface area contributed by atoms with Crippen molar-refractivity contribution in [3.63, 3.8) is 0 Å². The standard InChI is InChI=1S/C26H33N3O/c30-26(17-23-5-1-2-13-27-23)29-18-22-10-11-24(25(22)19-29)21-8-6-20(7-9-21)12-16-28-14-3-4-15-28/h1-2,5-9,11,22,25,27H,3-4,10,12-19H2/t22-,25+/m1/s1. The minimum absolute atomic E-state index is 0.259. The predicted octanol–water partition coefficient (Wildman–Crippen LogP) is 3.62. The van der Waals surface area contributed by atoms with Crippen molar-refractivity contribution < 1.29 is 4.79 Å². The predicted molar refractivity (Wildman–Crippen MR) is 122 cm³/mol. The summed E-state index contributed by atoms with van der Waals surface area (Å²) in [6, 6.07) is 9.24. The normalized spacial score (nSPS) is 25.8. The van der Waals surface area contributed by atoms with E-state index < -0.39 is 0 Å². The van der Waals surface area contributed by atoms with Gasteiger partial charge >= 0.3 is 0 Å². The largest absolute Gasteiger partial charge is 0.384 e. The number of nitrogens with zero attached hydrogens (tertiary/aromatic N) is 2. The molecule has 0 spiro atoms. The molecule has 5 rings (SSSR count). The van der Waals surface area contributed by atoms with E-state index in [1.807, 2.05) is 12.2 Å². The Hall–Kier alpha value is -2.33. The first kappa shape index (κ1) is 19.6. The van der Waals surface area contributed by atoms with Crippen molar-refractivity contribution >= 4 is 11.5 Å². The molecule has 158 valence electrons. The van der Waals surface area contributed by atoms with Gasteiger partial charge in [0.05, 0.1) is 6.42 Å². The van der Waals surface area contributed by atoms with Crippen LogP contribution in [0.4, 0.5) is 0 Å². The summed E-state index contributed by atoms with van der Waals surface area (Å²) in [7, 11) is 0. The van der Waals surface area contributed by atoms with Gasteiger partial charge in [-0.25, -0.2) is 0 Å². The highest BCUT2D eigenvalue weighted by atomic mass is 16.2. The van der Waals surface area contributed by atoms with Gasteiger partial charge in [-0.15, -0.1) is 0 Å². The smallest absolute Gasteiger partial charge is 0.228 e. The van der Waals surface area contributed by atoms with E-state index in [1.54, 1.807) is 0 Å². The van der Waals surface area contributed by atoms with Crippen molar-refractivity contribution in [1.82, 2.24) is 15.1 Å². The summed E-state index contributed by atoms with van der Waals surface area (Å²) in [4.78, 5) is 17.5. The minimum Gasteiger partial charge on any atom is -0.384 e. The van der Waals surface area contributed by atoms with Gasteiger partial charge in [-0.05, 0) is 67.5 Å². The van der Waals surface area contributed by atoms with Gasteiger partial charge in [0.25, 0.3) is 0 Å². The first-order valence-electron chi connectivity index (χ1n) is 11.7. The average Bonchev–Trinajstić information content (AvgIpc) is 3.51. The number of benzene rings is 1. The van der Waals surface area contributed by atoms with Crippen LogP contribution in [-0.4, -0.2) is 55.0 Å². The lowest BCUT2D eigenvalue weighted by Crippen LogP contribution is -2.31. The van der Waals surface area contributed by atoms with Crippen LogP contribution in [0, 0.1) is 11.8 Å². The van der Waals surface area contributed by atoms with Gasteiger partial charge < -0.3 is 15.1 Å². The van der Waals surface area contributed by atoms with E-state index in [-0.39, 0.29) is 5.91 Å². The number of hydrogen-bond donors (Lipinski definition) is 1. The molecular formula is C26H33N3O. The molecule has 0 bridgehead atoms. The van der Waals surface area contributed by atoms with Crippen LogP contribution < -0.4 is 5.32 Å². The first-order valence-corrected chi connectivity index (χ1v) is 11.7. The van der Waals surface area contributed by atoms with E-state index in [2.05, 4.69) is 51.5 Å². The number of amides is 1. The van der Waals surface area contributed by atoms with Gasteiger partial charge in [-0.2, -0.15) is 0 Å². The van der Waals surface area contributed by atoms with Crippen LogP contribution in [0.2, 0.25) is 0 Å². The quantitative estimate of drug-likeness (QED) is 0.788. The number of hydrogen-bond acceptors (Lipinski definition) is 3. The van der Waals surface area contributed by atoms with E-state index >= 15 is 0 Å². The molecule has 1 aromatic carbocycles. The average molecular weight is 404 g/mol. The number of carbonyl (C=O) groups is 1. The van der Waals surface area contributed by atoms with E-state index in [1.165, 1.54) is 49.2 Å². The summed E-state index contributed by atoms with van der Waals surface area (Å²) in [6.45, 7) is 6.33. The Labute approximate surface area is 180 Å². The Morgan fingerprint density at radius 2 is 1.93 bits per heavy atom. The summed E-state index contributed by atoms with van der Waals surface area (Å²) < 4.78 is 0. The second-order valence-electron chi connectivity index (χ2n) is 9.23. The number of carbonyl (C=O) groups excluding carboxylic acids is 1. The van der Waals surface area contributed by atoms with E-state index in [4.69, 9.17) is 0 Å². The second kappa shape index (κ2) is 8.81. The number of likely N-dealkylation sites (tertiary alicyclic amines) is 2. The third kappa shape index (κ3) is 4.24. The lowest BCUT2D eigenvalue weighted by Gasteiger charge is -2.20. The molecule has 0 unspecified atom stereocenters. The minimum atomic E-state index is 0.259. The molecule has 4 nitrogen and oxygen atoms in total. The molecule has 0 aromatic heterocycles. The summed E-state index contributed by atoms with van der Waals surface area (Å²) in [5.41, 5.74) is 5.29. The molecule has 0 saturated carbocycles. The van der Waals surface area contributed by atoms with Crippen molar-refractivity contribution in [2.45, 2.75) is 32.1 Å². The van der Waals surface area contributed by atoms with Gasteiger partial charge in [-0.3, -0.25) is 4.79 Å². The molecule has 3 aliphatic heterocycles. The van der Waals surface area contributed by atoms with Crippen molar-refractivity contribution in [2.24, 2.45) is 11.8 Å². The zero-order chi connectivity index (χ0) is 20.3. The Morgan fingerprint density at radius 1 is 1.10 bits per heavy atom. The molecule has 1 amide bonds. The highest BCUT2D eigenvalue weighted by Gasteiger charge is 2.40. The third-order valence-corrected chi connectivity index (χ3v) is 7.26. The van der Waals surface area contributed by atoms with E-state index in [0.717, 1.165) is 38.2 Å². The molecule has 0 radical (unpaired) electrons. The molecule has 1 aliphatic carbocycles. The van der Waals surface area contributed by atoms with Crippen molar-refractivity contribution in [3.05, 3.63) is 65.4 Å². The molecule has 2 saturated heterocycles. The molecule has 1 N–H and O–H groups in total. The van der Waals surface area contributed by atoms with E-state index in [9.17, 15) is 4.79 Å². The van der Waals surface area contributed by atoms with Gasteiger partial charge in [0.1, 0.15) is 0 Å². The topological polar surface area (TPSA) is 35.6 Å². The number of nitrogens with one attached hydrogen (secondary N) is 1. The van der Waals surface area contributed by atoms with Crippen LogP contribution in [0.1, 0.15) is 36.8 Å². The number of allylic oxidation sites excluding steroid dienone is 3. The van der Waals surface area contributed by atoms with Gasteiger partial charge in [0, 0.05) is 37.8 Å². The Bertz CT molecular complexity index is 861. The lowest BCUT2D eigenvalue weighted by atomic mass is 9.90. The van der Waals surface area contributed by atoms with Crippen LogP contribution in [-0.2, 0) is 11.2 Å². The monoisotopic (exact) mass is 403 g/mol. The van der Waals surface area contributed by atoms with Gasteiger partial charge in [0.2, 0.25) is 5.91 Å². The molecule has 3 heterocycles. The van der Waals surface area contributed by atoms with Crippen molar-refractivity contribution in [2.75, 3.05) is 39.3 Å². The number of fused-ring (bicyclic) bond motifs is 1. The van der Waals surface area contributed by atoms with Crippen molar-refractivity contribution in [3.8, 4) is 0 Å². The zero-order valence-corrected chi connectivity index (χ0v) is 17.9. The molecule has 4 aliphatic rings. The molecular weight excluding hydrogens is 370 g/mol. The lowest BCUT2D eigenvalue weighted by molar-refractivity contribution is -0.129. The maximum absolute atomic E-state index is 12.8. The van der Waals surface area contributed by atoms with E-state index in [0.29, 0.717) is 18.3 Å². The molecule has 2 fully saturated rings. The fourth-order valence-electron chi connectivity index (χ4n) is 5.48. The van der Waals surface area contributed by atoms with Crippen LogP contribution >= 0.6 is 0 Å². The molecule has 4 heteroatoms. The Kier molecular flexibility index (Phi) is 5.76. The maximum Gasteiger partial charge on any atom is 0.228 e. The zero-order valence-electron chi connectivity index (χ0n) is 17.9. The highest BCUT2D eigenvalue weighted by Crippen LogP contribution is 2.43. The molecule has 30 heavy (non-hydrogen) atoms. The SMILES string of the molecule is O=C(CC1=CC=CCN1)N1C[C@H]2CC=C(c3ccc(CCN4CCCC4)cc3)[C@H]2C1. The van der Waals surface area contributed by atoms with Gasteiger partial charge in [0.15, 0.2) is 0 Å². The second-order valence-corrected chi connectivity index (χ2v) is 9.23. The molecule has 1 aromatic rings. The third-order valence-electron chi connectivity index (χ3n) is 7.26. The highest BCUT2D eigenvalue weighted by molar-refractivity contribution is 5.80. The fraction of sp³-hybridized carbons (Fsp3) is 0.500. The van der Waals surface area contributed by atoms with Crippen LogP contribution in [0.5, 0.6) is 0 Å². The number of rotatable bonds is 6. The van der Waals surface area contributed by atoms with Crippen LogP contribution in [0.3, 0.4) is 0 Å². The number of dihydropyridines is 1. The fourth-order valence-corrected chi connectivity index (χ4v) is 5.48. The van der Waals surface area contributed by atoms with Gasteiger partial charge in [-0.1, -0.05) is 42.5 Å². The summed E-state index contributed by atoms with van der Waals surface area (Å²) in [6.07, 6.45) is 14.0. The Morgan fingerprint density at radius 3 is 2.70 bits per heavy atom.